The molecule has 0 spiro atoms. The maximum Gasteiger partial charge on any atom is 0.0619 e. The molecule has 0 aliphatic rings. The Morgan fingerprint density at radius 2 is 1.05 bits per heavy atom. The standard InChI is InChI=1S/C42H25NS/c1-2-11-27-24-36-30(22-26(27)10-1)23-28-12-3-4-13-31(28)41(36)43-38-18-7-5-14-33(38)37-25-29(20-21-39(37)43)32-16-9-17-35-34-15-6-8-19-40(34)44-42(32)35/h1-25H. The van der Waals surface area contributed by atoms with Crippen LogP contribution in [0.3, 0.4) is 0 Å². The molecule has 0 atom stereocenters. The lowest BCUT2D eigenvalue weighted by Gasteiger charge is -2.16. The van der Waals surface area contributed by atoms with Gasteiger partial charge in [0.25, 0.3) is 0 Å². The van der Waals surface area contributed by atoms with Crippen LogP contribution in [0.1, 0.15) is 0 Å². The molecule has 44 heavy (non-hydrogen) atoms. The molecule has 0 saturated heterocycles. The van der Waals surface area contributed by atoms with E-state index in [1.807, 2.05) is 11.3 Å². The van der Waals surface area contributed by atoms with Crippen molar-refractivity contribution in [2.24, 2.45) is 0 Å². The third-order valence-electron chi connectivity index (χ3n) is 9.31. The van der Waals surface area contributed by atoms with Crippen molar-refractivity contribution < 1.29 is 0 Å². The summed E-state index contributed by atoms with van der Waals surface area (Å²) in [4.78, 5) is 0. The third-order valence-corrected chi connectivity index (χ3v) is 10.5. The van der Waals surface area contributed by atoms with E-state index in [0.29, 0.717) is 0 Å². The van der Waals surface area contributed by atoms with E-state index in [0.717, 1.165) is 0 Å². The van der Waals surface area contributed by atoms with Gasteiger partial charge in [-0.15, -0.1) is 11.3 Å². The molecule has 0 fully saturated rings. The van der Waals surface area contributed by atoms with Gasteiger partial charge in [0.1, 0.15) is 0 Å². The first kappa shape index (κ1) is 24.0. The highest BCUT2D eigenvalue weighted by molar-refractivity contribution is 7.26. The van der Waals surface area contributed by atoms with Gasteiger partial charge in [-0.3, -0.25) is 0 Å². The number of benzene rings is 8. The summed E-state index contributed by atoms with van der Waals surface area (Å²) in [6, 6.07) is 56.0. The second-order valence-corrected chi connectivity index (χ2v) is 12.8. The maximum atomic E-state index is 2.51. The van der Waals surface area contributed by atoms with Crippen LogP contribution in [0, 0.1) is 0 Å². The molecule has 0 unspecified atom stereocenters. The second-order valence-electron chi connectivity index (χ2n) is 11.7. The predicted molar refractivity (Wildman–Crippen MR) is 192 cm³/mol. The molecule has 0 radical (unpaired) electrons. The zero-order valence-electron chi connectivity index (χ0n) is 23.8. The topological polar surface area (TPSA) is 4.93 Å². The van der Waals surface area contributed by atoms with Gasteiger partial charge in [0.15, 0.2) is 0 Å². The van der Waals surface area contributed by atoms with Crippen molar-refractivity contribution in [1.82, 2.24) is 4.57 Å². The monoisotopic (exact) mass is 575 g/mol. The molecule has 0 saturated carbocycles. The van der Waals surface area contributed by atoms with Crippen molar-refractivity contribution in [2.45, 2.75) is 0 Å². The van der Waals surface area contributed by atoms with Crippen molar-refractivity contribution in [3.05, 3.63) is 152 Å². The second kappa shape index (κ2) is 9.03. The van der Waals surface area contributed by atoms with Gasteiger partial charge in [-0.05, 0) is 75.1 Å². The Labute approximate surface area is 257 Å². The van der Waals surface area contributed by atoms with E-state index < -0.39 is 0 Å². The Hall–Kier alpha value is -5.44. The Kier molecular flexibility index (Phi) is 4.94. The normalized spacial score (nSPS) is 12.1. The minimum atomic E-state index is 1.23. The average molecular weight is 576 g/mol. The Morgan fingerprint density at radius 3 is 1.93 bits per heavy atom. The van der Waals surface area contributed by atoms with Crippen LogP contribution < -0.4 is 0 Å². The van der Waals surface area contributed by atoms with Crippen molar-refractivity contribution in [3.8, 4) is 16.8 Å². The lowest BCUT2D eigenvalue weighted by molar-refractivity contribution is 1.21. The van der Waals surface area contributed by atoms with Crippen LogP contribution in [0.5, 0.6) is 0 Å². The Morgan fingerprint density at radius 1 is 0.386 bits per heavy atom. The molecule has 0 N–H and O–H groups in total. The zero-order chi connectivity index (χ0) is 28.8. The number of rotatable bonds is 2. The summed E-state index contributed by atoms with van der Waals surface area (Å²) in [6.45, 7) is 0. The van der Waals surface area contributed by atoms with Crippen LogP contribution in [0.4, 0.5) is 0 Å². The molecule has 10 aromatic rings. The summed E-state index contributed by atoms with van der Waals surface area (Å²) in [5.74, 6) is 0. The van der Waals surface area contributed by atoms with Gasteiger partial charge < -0.3 is 4.57 Å². The first-order chi connectivity index (χ1) is 21.8. The number of para-hydroxylation sites is 1. The fraction of sp³-hybridized carbons (Fsp3) is 0. The van der Waals surface area contributed by atoms with Gasteiger partial charge in [0, 0.05) is 41.7 Å². The summed E-state index contributed by atoms with van der Waals surface area (Å²) < 4.78 is 5.19. The molecule has 204 valence electrons. The molecule has 0 amide bonds. The van der Waals surface area contributed by atoms with E-state index in [-0.39, 0.29) is 0 Å². The molecular formula is C42H25NS. The quantitative estimate of drug-likeness (QED) is 0.181. The molecular weight excluding hydrogens is 551 g/mol. The highest BCUT2D eigenvalue weighted by Gasteiger charge is 2.19. The van der Waals surface area contributed by atoms with Crippen molar-refractivity contribution in [1.29, 1.82) is 0 Å². The summed E-state index contributed by atoms with van der Waals surface area (Å²) in [5.41, 5.74) is 6.25. The number of thiophene rings is 1. The molecule has 2 aromatic heterocycles. The minimum absolute atomic E-state index is 1.23. The van der Waals surface area contributed by atoms with E-state index in [1.165, 1.54) is 91.1 Å². The molecule has 0 aliphatic carbocycles. The largest absolute Gasteiger partial charge is 0.308 e. The van der Waals surface area contributed by atoms with Crippen LogP contribution in [-0.4, -0.2) is 4.57 Å². The molecule has 0 bridgehead atoms. The van der Waals surface area contributed by atoms with Crippen LogP contribution in [0.25, 0.3) is 91.1 Å². The highest BCUT2D eigenvalue weighted by Crippen LogP contribution is 2.43. The molecule has 10 rings (SSSR count). The van der Waals surface area contributed by atoms with Crippen LogP contribution in [-0.2, 0) is 0 Å². The highest BCUT2D eigenvalue weighted by atomic mass is 32.1. The summed E-state index contributed by atoms with van der Waals surface area (Å²) in [6.07, 6.45) is 0. The fourth-order valence-electron chi connectivity index (χ4n) is 7.33. The zero-order valence-corrected chi connectivity index (χ0v) is 24.6. The van der Waals surface area contributed by atoms with Crippen molar-refractivity contribution in [3.63, 3.8) is 0 Å². The summed E-state index contributed by atoms with van der Waals surface area (Å²) in [5, 5.41) is 12.8. The van der Waals surface area contributed by atoms with E-state index in [1.54, 1.807) is 0 Å². The number of fused-ring (bicyclic) bond motifs is 9. The minimum Gasteiger partial charge on any atom is -0.308 e. The number of aromatic nitrogens is 1. The number of hydrogen-bond donors (Lipinski definition) is 0. The van der Waals surface area contributed by atoms with Crippen molar-refractivity contribution >= 4 is 85.6 Å². The van der Waals surface area contributed by atoms with Gasteiger partial charge in [0.05, 0.1) is 16.7 Å². The summed E-state index contributed by atoms with van der Waals surface area (Å²) >= 11 is 1.89. The molecule has 8 aromatic carbocycles. The molecule has 0 aliphatic heterocycles. The van der Waals surface area contributed by atoms with E-state index >= 15 is 0 Å². The third kappa shape index (κ3) is 3.35. The number of hydrogen-bond acceptors (Lipinski definition) is 1. The lowest BCUT2D eigenvalue weighted by Crippen LogP contribution is -1.97. The molecule has 2 heterocycles. The van der Waals surface area contributed by atoms with E-state index in [9.17, 15) is 0 Å². The van der Waals surface area contributed by atoms with Gasteiger partial charge in [-0.1, -0.05) is 109 Å². The smallest absolute Gasteiger partial charge is 0.0619 e. The van der Waals surface area contributed by atoms with Gasteiger partial charge >= 0.3 is 0 Å². The first-order valence-electron chi connectivity index (χ1n) is 15.1. The molecule has 1 nitrogen and oxygen atoms in total. The summed E-state index contributed by atoms with van der Waals surface area (Å²) in [7, 11) is 0. The fourth-order valence-corrected chi connectivity index (χ4v) is 8.57. The average Bonchev–Trinajstić information content (AvgIpc) is 3.62. The van der Waals surface area contributed by atoms with Crippen molar-refractivity contribution in [2.75, 3.05) is 0 Å². The Balaban J connectivity index is 1.32. The lowest BCUT2D eigenvalue weighted by atomic mass is 9.97. The van der Waals surface area contributed by atoms with Crippen LogP contribution >= 0.6 is 11.3 Å². The van der Waals surface area contributed by atoms with Gasteiger partial charge in [-0.2, -0.15) is 0 Å². The van der Waals surface area contributed by atoms with Crippen LogP contribution in [0.15, 0.2) is 152 Å². The predicted octanol–water partition coefficient (Wildman–Crippen LogP) is 12.3. The van der Waals surface area contributed by atoms with Gasteiger partial charge in [-0.25, -0.2) is 0 Å². The maximum absolute atomic E-state index is 2.51. The van der Waals surface area contributed by atoms with E-state index in [2.05, 4.69) is 156 Å². The SMILES string of the molecule is c1ccc2cc3c(-n4c5ccccc5c5cc(-c6cccc7c6sc6ccccc67)ccc54)c4ccccc4cc3cc2c1. The van der Waals surface area contributed by atoms with Gasteiger partial charge in [0.2, 0.25) is 0 Å². The van der Waals surface area contributed by atoms with Crippen LogP contribution in [0.2, 0.25) is 0 Å². The van der Waals surface area contributed by atoms with E-state index in [4.69, 9.17) is 0 Å². The number of nitrogens with zero attached hydrogens (tertiary/aromatic N) is 1. The first-order valence-corrected chi connectivity index (χ1v) is 15.9. The molecule has 2 heteroatoms. The Bertz CT molecular complexity index is 2770.